The second-order valence-corrected chi connectivity index (χ2v) is 7.93. The van der Waals surface area contributed by atoms with Crippen LogP contribution in [0.15, 0.2) is 48.5 Å². The molecule has 0 atom stereocenters. The zero-order valence-electron chi connectivity index (χ0n) is 15.2. The lowest BCUT2D eigenvalue weighted by Gasteiger charge is -2.08. The van der Waals surface area contributed by atoms with E-state index in [-0.39, 0.29) is 5.91 Å². The Morgan fingerprint density at radius 2 is 1.83 bits per heavy atom. The average Bonchev–Trinajstić information content (AvgIpc) is 3.07. The standard InChI is InChI=1S/C20H15Cl2N5OS/c1-24-20-26-16(10-7-8-12(21)13(22)9-10)14-15(23)17(29-19(14)27-20)18(28)25-11-5-3-2-4-6-11/h2-9H,23H2,1H3,(H,25,28)(H,24,26,27). The number of hydrogen-bond acceptors (Lipinski definition) is 6. The Kier molecular flexibility index (Phi) is 5.27. The van der Waals surface area contributed by atoms with E-state index in [0.717, 1.165) is 5.56 Å². The number of anilines is 3. The summed E-state index contributed by atoms with van der Waals surface area (Å²) in [7, 11) is 1.72. The number of thiophene rings is 1. The molecule has 2 aromatic heterocycles. The number of benzene rings is 2. The highest BCUT2D eigenvalue weighted by molar-refractivity contribution is 7.21. The first-order valence-corrected chi connectivity index (χ1v) is 10.1. The number of aromatic nitrogens is 2. The van der Waals surface area contributed by atoms with Crippen molar-refractivity contribution < 1.29 is 4.79 Å². The van der Waals surface area contributed by atoms with Gasteiger partial charge in [0.15, 0.2) is 0 Å². The summed E-state index contributed by atoms with van der Waals surface area (Å²) in [6.07, 6.45) is 0. The molecule has 0 unspecified atom stereocenters. The van der Waals surface area contributed by atoms with Gasteiger partial charge in [0.1, 0.15) is 9.71 Å². The van der Waals surface area contributed by atoms with Crippen LogP contribution in [0.25, 0.3) is 21.5 Å². The van der Waals surface area contributed by atoms with Crippen LogP contribution >= 0.6 is 34.5 Å². The van der Waals surface area contributed by atoms with Gasteiger partial charge in [-0.15, -0.1) is 11.3 Å². The van der Waals surface area contributed by atoms with Crippen molar-refractivity contribution in [1.29, 1.82) is 0 Å². The molecule has 29 heavy (non-hydrogen) atoms. The van der Waals surface area contributed by atoms with Crippen molar-refractivity contribution in [2.75, 3.05) is 23.4 Å². The molecule has 0 aliphatic heterocycles. The number of rotatable bonds is 4. The smallest absolute Gasteiger partial charge is 0.267 e. The number of nitrogens with zero attached hydrogens (tertiary/aromatic N) is 2. The van der Waals surface area contributed by atoms with Crippen LogP contribution in [0, 0.1) is 0 Å². The third kappa shape index (κ3) is 3.72. The number of nitrogen functional groups attached to an aromatic ring is 1. The van der Waals surface area contributed by atoms with E-state index in [4.69, 9.17) is 28.9 Å². The first kappa shape index (κ1) is 19.4. The van der Waals surface area contributed by atoms with Crippen molar-refractivity contribution in [1.82, 2.24) is 9.97 Å². The molecule has 4 aromatic rings. The van der Waals surface area contributed by atoms with Gasteiger partial charge in [0.25, 0.3) is 5.91 Å². The summed E-state index contributed by atoms with van der Waals surface area (Å²) < 4.78 is 0. The van der Waals surface area contributed by atoms with Crippen LogP contribution in [0.1, 0.15) is 9.67 Å². The minimum absolute atomic E-state index is 0.303. The third-order valence-corrected chi connectivity index (χ3v) is 6.08. The molecule has 6 nitrogen and oxygen atoms in total. The van der Waals surface area contributed by atoms with E-state index in [9.17, 15) is 4.79 Å². The van der Waals surface area contributed by atoms with Crippen LogP contribution in [0.2, 0.25) is 10.0 Å². The summed E-state index contributed by atoms with van der Waals surface area (Å²) in [6.45, 7) is 0. The molecule has 1 amide bonds. The van der Waals surface area contributed by atoms with Crippen molar-refractivity contribution in [3.63, 3.8) is 0 Å². The van der Waals surface area contributed by atoms with Crippen LogP contribution in [-0.2, 0) is 0 Å². The molecule has 0 bridgehead atoms. The maximum absolute atomic E-state index is 12.8. The van der Waals surface area contributed by atoms with E-state index in [1.54, 1.807) is 25.2 Å². The van der Waals surface area contributed by atoms with Gasteiger partial charge in [0, 0.05) is 18.3 Å². The third-order valence-electron chi connectivity index (χ3n) is 4.24. The van der Waals surface area contributed by atoms with Gasteiger partial charge in [-0.1, -0.05) is 47.5 Å². The first-order chi connectivity index (χ1) is 14.0. The predicted molar refractivity (Wildman–Crippen MR) is 121 cm³/mol. The second kappa shape index (κ2) is 7.87. The molecule has 9 heteroatoms. The maximum Gasteiger partial charge on any atom is 0.267 e. The van der Waals surface area contributed by atoms with E-state index in [0.29, 0.717) is 48.2 Å². The molecule has 4 N–H and O–H groups in total. The molecule has 0 aliphatic carbocycles. The Morgan fingerprint density at radius 3 is 2.52 bits per heavy atom. The highest BCUT2D eigenvalue weighted by Gasteiger charge is 2.22. The molecule has 2 aromatic carbocycles. The van der Waals surface area contributed by atoms with E-state index in [2.05, 4.69) is 20.6 Å². The summed E-state index contributed by atoms with van der Waals surface area (Å²) in [4.78, 5) is 22.8. The summed E-state index contributed by atoms with van der Waals surface area (Å²) in [5.41, 5.74) is 8.68. The molecule has 0 aliphatic rings. The number of nitrogens with two attached hydrogens (primary N) is 1. The highest BCUT2D eigenvalue weighted by atomic mass is 35.5. The van der Waals surface area contributed by atoms with Crippen molar-refractivity contribution >= 4 is 68.0 Å². The molecule has 146 valence electrons. The van der Waals surface area contributed by atoms with Gasteiger partial charge >= 0.3 is 0 Å². The van der Waals surface area contributed by atoms with Crippen molar-refractivity contribution in [2.24, 2.45) is 0 Å². The number of fused-ring (bicyclic) bond motifs is 1. The normalized spacial score (nSPS) is 10.9. The van der Waals surface area contributed by atoms with Crippen molar-refractivity contribution in [2.45, 2.75) is 0 Å². The fraction of sp³-hybridized carbons (Fsp3) is 0.0500. The minimum Gasteiger partial charge on any atom is -0.397 e. The van der Waals surface area contributed by atoms with Gasteiger partial charge in [-0.3, -0.25) is 4.79 Å². The number of para-hydroxylation sites is 1. The van der Waals surface area contributed by atoms with Gasteiger partial charge in [0.2, 0.25) is 5.95 Å². The molecular formula is C20H15Cl2N5OS. The summed E-state index contributed by atoms with van der Waals surface area (Å²) in [5, 5.41) is 7.23. The van der Waals surface area contributed by atoms with Gasteiger partial charge in [-0.25, -0.2) is 9.97 Å². The molecule has 0 saturated carbocycles. The molecule has 4 rings (SSSR count). The Bertz CT molecular complexity index is 1230. The quantitative estimate of drug-likeness (QED) is 0.384. The maximum atomic E-state index is 12.8. The Morgan fingerprint density at radius 1 is 1.07 bits per heavy atom. The fourth-order valence-electron chi connectivity index (χ4n) is 2.86. The van der Waals surface area contributed by atoms with E-state index >= 15 is 0 Å². The second-order valence-electron chi connectivity index (χ2n) is 6.12. The fourth-order valence-corrected chi connectivity index (χ4v) is 4.15. The molecule has 2 heterocycles. The van der Waals surface area contributed by atoms with Crippen molar-refractivity contribution in [3.05, 3.63) is 63.5 Å². The van der Waals surface area contributed by atoms with Crippen LogP contribution in [0.5, 0.6) is 0 Å². The number of carbonyl (C=O) groups excluding carboxylic acids is 1. The first-order valence-electron chi connectivity index (χ1n) is 8.57. The summed E-state index contributed by atoms with van der Waals surface area (Å²) in [6, 6.07) is 14.4. The lowest BCUT2D eigenvalue weighted by Crippen LogP contribution is -2.11. The van der Waals surface area contributed by atoms with Crippen LogP contribution in [-0.4, -0.2) is 22.9 Å². The van der Waals surface area contributed by atoms with Gasteiger partial charge in [0.05, 0.1) is 26.8 Å². The Labute approximate surface area is 180 Å². The van der Waals surface area contributed by atoms with Gasteiger partial charge < -0.3 is 16.4 Å². The number of halogens is 2. The number of nitrogens with one attached hydrogen (secondary N) is 2. The number of amides is 1. The molecule has 0 spiro atoms. The van der Waals surface area contributed by atoms with Crippen LogP contribution in [0.3, 0.4) is 0 Å². The van der Waals surface area contributed by atoms with Gasteiger partial charge in [-0.2, -0.15) is 0 Å². The summed E-state index contributed by atoms with van der Waals surface area (Å²) in [5.74, 6) is 0.109. The van der Waals surface area contributed by atoms with Crippen LogP contribution < -0.4 is 16.4 Å². The van der Waals surface area contributed by atoms with E-state index in [1.165, 1.54) is 11.3 Å². The van der Waals surface area contributed by atoms with Crippen molar-refractivity contribution in [3.8, 4) is 11.3 Å². The highest BCUT2D eigenvalue weighted by Crippen LogP contribution is 2.40. The topological polar surface area (TPSA) is 92.9 Å². The monoisotopic (exact) mass is 443 g/mol. The Balaban J connectivity index is 1.86. The zero-order chi connectivity index (χ0) is 20.5. The van der Waals surface area contributed by atoms with E-state index in [1.807, 2.05) is 30.3 Å². The number of hydrogen-bond donors (Lipinski definition) is 3. The summed E-state index contributed by atoms with van der Waals surface area (Å²) >= 11 is 13.4. The predicted octanol–water partition coefficient (Wildman–Crippen LogP) is 5.54. The van der Waals surface area contributed by atoms with Gasteiger partial charge in [-0.05, 0) is 24.3 Å². The minimum atomic E-state index is -0.303. The zero-order valence-corrected chi connectivity index (χ0v) is 17.5. The largest absolute Gasteiger partial charge is 0.397 e. The molecular weight excluding hydrogens is 429 g/mol. The molecule has 0 radical (unpaired) electrons. The Hall–Kier alpha value is -2.87. The van der Waals surface area contributed by atoms with E-state index < -0.39 is 0 Å². The SMILES string of the molecule is CNc1nc(-c2ccc(Cl)c(Cl)c2)c2c(N)c(C(=O)Nc3ccccc3)sc2n1. The molecule has 0 saturated heterocycles. The lowest BCUT2D eigenvalue weighted by molar-refractivity contribution is 0.103. The number of carbonyl (C=O) groups is 1. The molecule has 0 fully saturated rings. The average molecular weight is 444 g/mol. The lowest BCUT2D eigenvalue weighted by atomic mass is 10.1. The van der Waals surface area contributed by atoms with Crippen LogP contribution in [0.4, 0.5) is 17.3 Å².